The molecule has 24 nitrogen and oxygen atoms in total. The monoisotopic (exact) mass is 2190 g/mol. The Morgan fingerprint density at radius 2 is 0.876 bits per heavy atom. The molecular formula is C116H170Br2O24SSi2. The number of Topliss-reactive ketones (excluding diaryl/α,β-unsaturated/α-hetero) is 2. The van der Waals surface area contributed by atoms with Crippen LogP contribution in [-0.2, 0) is 104 Å². The molecule has 16 fully saturated rings. The fraction of sp³-hybridized carbons (Fsp3) is 0.741. The molecule has 16 aliphatic rings. The van der Waals surface area contributed by atoms with E-state index in [1.807, 2.05) is 24.3 Å². The Labute approximate surface area is 884 Å². The van der Waals surface area contributed by atoms with E-state index < -0.39 is 116 Å². The van der Waals surface area contributed by atoms with Gasteiger partial charge in [-0.3, -0.25) is 9.59 Å². The summed E-state index contributed by atoms with van der Waals surface area (Å²) < 4.78 is 155. The Balaban J connectivity index is 0.000000209. The molecule has 12 bridgehead atoms. The van der Waals surface area contributed by atoms with Crippen molar-refractivity contribution in [2.75, 3.05) is 13.2 Å². The lowest BCUT2D eigenvalue weighted by Gasteiger charge is -2.47. The number of esters is 2. The zero-order valence-corrected chi connectivity index (χ0v) is 95.7. The minimum absolute atomic E-state index is 0.0212. The lowest BCUT2D eigenvalue weighted by molar-refractivity contribution is -0.292. The zero-order chi connectivity index (χ0) is 104. The fourth-order valence-corrected chi connectivity index (χ4v) is 30.4. The highest BCUT2D eigenvalue weighted by Gasteiger charge is 2.71. The highest BCUT2D eigenvalue weighted by Crippen LogP contribution is 2.58. The van der Waals surface area contributed by atoms with Crippen LogP contribution in [0.15, 0.2) is 142 Å². The van der Waals surface area contributed by atoms with Gasteiger partial charge in [0.2, 0.25) is 0 Å². The van der Waals surface area contributed by atoms with Gasteiger partial charge in [0.25, 0.3) is 0 Å². The molecule has 3 aromatic carbocycles. The van der Waals surface area contributed by atoms with Crippen LogP contribution in [0.1, 0.15) is 291 Å². The van der Waals surface area contributed by atoms with Gasteiger partial charge in [0, 0.05) is 89.8 Å². The van der Waals surface area contributed by atoms with Crippen molar-refractivity contribution in [1.29, 1.82) is 0 Å². The fourth-order valence-electron chi connectivity index (χ4n) is 25.3. The number of ether oxygens (including phenoxy) is 16. The molecule has 16 heterocycles. The molecule has 0 amide bonds. The first-order valence-corrected chi connectivity index (χ1v) is 64.1. The molecule has 0 saturated carbocycles. The summed E-state index contributed by atoms with van der Waals surface area (Å²) in [5.41, 5.74) is 3.11. The Morgan fingerprint density at radius 3 is 1.31 bits per heavy atom. The first-order valence-electron chi connectivity index (χ1n) is 55.1. The molecule has 0 aromatic heterocycles. The Bertz CT molecular complexity index is 5040. The summed E-state index contributed by atoms with van der Waals surface area (Å²) in [6.45, 7) is 58.9. The number of halogens is 2. The van der Waals surface area contributed by atoms with Gasteiger partial charge >= 0.3 is 11.9 Å². The summed E-state index contributed by atoms with van der Waals surface area (Å²) in [6.07, 6.45) is 9.89. The van der Waals surface area contributed by atoms with Gasteiger partial charge < -0.3 is 84.6 Å². The maximum Gasteiger partial charge on any atom is 0.338 e. The average molecular weight is 2200 g/mol. The maximum atomic E-state index is 15.7. The largest absolute Gasteiger partial charge is 0.458 e. The van der Waals surface area contributed by atoms with Gasteiger partial charge in [-0.25, -0.2) is 18.0 Å². The summed E-state index contributed by atoms with van der Waals surface area (Å²) >= 11 is 6.99. The molecule has 0 radical (unpaired) electrons. The van der Waals surface area contributed by atoms with E-state index in [1.54, 1.807) is 66.7 Å². The van der Waals surface area contributed by atoms with Gasteiger partial charge in [-0.1, -0.05) is 235 Å². The van der Waals surface area contributed by atoms with Crippen molar-refractivity contribution < 1.29 is 112 Å². The minimum Gasteiger partial charge on any atom is -0.458 e. The molecule has 3 unspecified atom stereocenters. The molecule has 0 aliphatic carbocycles. The zero-order valence-electron chi connectivity index (χ0n) is 89.7. The summed E-state index contributed by atoms with van der Waals surface area (Å²) in [5, 5.41) is -1.23. The number of hydrogen-bond acceptors (Lipinski definition) is 24. The van der Waals surface area contributed by atoms with Gasteiger partial charge in [-0.15, -0.1) is 0 Å². The molecule has 16 aliphatic heterocycles. The van der Waals surface area contributed by atoms with Crippen LogP contribution >= 0.6 is 31.9 Å². The Morgan fingerprint density at radius 1 is 0.476 bits per heavy atom. The van der Waals surface area contributed by atoms with Gasteiger partial charge in [-0.05, 0) is 211 Å². The number of ketones is 2. The molecule has 3 aromatic rings. The summed E-state index contributed by atoms with van der Waals surface area (Å²) in [6, 6.07) is 26.4. The quantitative estimate of drug-likeness (QED) is 0.0289. The third kappa shape index (κ3) is 26.2. The smallest absolute Gasteiger partial charge is 0.338 e. The average Bonchev–Trinajstić information content (AvgIpc) is 1.55. The topological polar surface area (TPSA) is 269 Å². The summed E-state index contributed by atoms with van der Waals surface area (Å²) in [7, 11) is -8.24. The van der Waals surface area contributed by atoms with Crippen molar-refractivity contribution in [3.8, 4) is 0 Å². The van der Waals surface area contributed by atoms with Gasteiger partial charge in [0.1, 0.15) is 84.3 Å². The third-order valence-electron chi connectivity index (χ3n) is 35.7. The molecule has 19 rings (SSSR count). The second-order valence-electron chi connectivity index (χ2n) is 48.8. The van der Waals surface area contributed by atoms with Crippen LogP contribution < -0.4 is 0 Å². The second-order valence-corrected chi connectivity index (χ2v) is 62.7. The number of sulfone groups is 1. The summed E-state index contributed by atoms with van der Waals surface area (Å²) in [5.74, 6) is -2.72. The number of unbranched alkanes of at least 4 members (excludes halogenated alkanes) is 2. The number of rotatable bonds is 44. The lowest BCUT2D eigenvalue weighted by Crippen LogP contribution is -2.62. The molecule has 145 heavy (non-hydrogen) atoms. The van der Waals surface area contributed by atoms with E-state index in [0.29, 0.717) is 131 Å². The van der Waals surface area contributed by atoms with E-state index in [1.165, 1.54) is 0 Å². The van der Waals surface area contributed by atoms with E-state index in [-0.39, 0.29) is 167 Å². The van der Waals surface area contributed by atoms with Crippen LogP contribution in [0.3, 0.4) is 0 Å². The van der Waals surface area contributed by atoms with Crippen molar-refractivity contribution in [2.24, 2.45) is 47.3 Å². The first kappa shape index (κ1) is 113. The number of fused-ring (bicyclic) bond motifs is 2. The molecule has 16 saturated heterocycles. The van der Waals surface area contributed by atoms with Gasteiger partial charge in [-0.2, -0.15) is 0 Å². The van der Waals surface area contributed by atoms with E-state index in [9.17, 15) is 14.4 Å². The van der Waals surface area contributed by atoms with Crippen LogP contribution in [0.5, 0.6) is 0 Å². The van der Waals surface area contributed by atoms with E-state index in [4.69, 9.17) is 84.6 Å². The summed E-state index contributed by atoms with van der Waals surface area (Å²) in [4.78, 5) is 56.6. The molecule has 29 heteroatoms. The van der Waals surface area contributed by atoms with Crippen molar-refractivity contribution in [1.82, 2.24) is 0 Å². The maximum absolute atomic E-state index is 15.7. The first-order chi connectivity index (χ1) is 68.7. The van der Waals surface area contributed by atoms with Crippen LogP contribution in [0.4, 0.5) is 0 Å². The molecule has 806 valence electrons. The van der Waals surface area contributed by atoms with Crippen molar-refractivity contribution >= 4 is 81.8 Å². The van der Waals surface area contributed by atoms with Crippen molar-refractivity contribution in [2.45, 2.75) is 487 Å². The van der Waals surface area contributed by atoms with Crippen LogP contribution in [-0.4, -0.2) is 237 Å². The number of carbonyl (C=O) groups is 4. The number of carbonyl (C=O) groups excluding carboxylic acids is 4. The van der Waals surface area contributed by atoms with Crippen molar-refractivity contribution in [3.05, 3.63) is 149 Å². The minimum atomic E-state index is -4.28. The van der Waals surface area contributed by atoms with Crippen LogP contribution in [0, 0.1) is 47.3 Å². The standard InChI is InChI=1S/C61H87BrO13SSi.C55H83BrO11Si/c1-12-13-22-42-30-37(3)39(5)49(68-42)33-50-52(40(6)48(71-50)29-36(2)35-67-77(10,11)60(7,8)9)58(76(65,66)45-23-18-15-19-24-45)46(63)32-43-25-26-47-53(69-43)57-56-55(72-47)54-51(73-56)34-61(74-54,75-57)28-27-44(31-38(4)62)70-59(64)41-20-16-14-17-21-41;1-12-13-19-39-25-33(3)35(5)45(60-39)29-46-42(36(6)44(63-46)24-32(2)31-59-68(10,11)54(7,8)9)28-38(57)27-40-20-21-43-48(61-40)52-51-50(64-43)49-47(65-51)30-55(66-49,67-52)23-22-41(26-34(4)56)62-53(58)37-17-15-14-16-18-37/h14-21,23-24,36-37,40,42-44,47-58H,4-5,12-13,22,25-35H2,1-3,6-11H3;14-18,32-33,36,39-52H,4-5,12-13,19-31H2,1-3,6-11H3/t36-,37+,40-,42-,43+,44+,47-,48+,49?,50-,51+,52+,53-,54-,55-,56+,57-,58?,61-;32-,33+,36+,39-,40+,41+,42+,43-,44+,45?,46-,47+,48-,49-,50-,51+,52-,55-/m00/s1. The highest BCUT2D eigenvalue weighted by atomic mass is 79.9. The SMILES string of the molecule is C=C(Br)C[C@@H](CC[C@@]12C[C@H]3O[C@H]4[C@@H](O1)[C@H]1O[C@@H](CC(=O)C([C@@H]5[C@@H](C)[C@@H](C[C@H](C)CO[Si](C)(C)C(C)(C)C)O[C@H]5CC5O[C@@H](CCCC)C[C@@H](C)C5=C)S(=O)(=O)c5ccccc5)CC[C@@H]1O[C@H]4[C@H]3O2)OC(=O)c1ccccc1.C=C(Br)C[C@@H](CC[C@@]12C[C@H]3O[C@H]4[C@@H](O1)[C@H]1O[C@@H](CC(=O)C[C@@H]5[C@@H](C)[C@@H](C[C@H](C)CO[Si](C)(C)C(C)(C)C)O[C@H]5CC5O[C@@H](CCCC)C[C@@H](C)C5=C)CC[C@@H]1O[C@H]4[C@H]3O2)OC(=O)c1ccccc1. The van der Waals surface area contributed by atoms with Crippen LogP contribution in [0.25, 0.3) is 0 Å². The van der Waals surface area contributed by atoms with Crippen molar-refractivity contribution in [3.63, 3.8) is 0 Å². The predicted octanol–water partition coefficient (Wildman–Crippen LogP) is 23.7. The molecular weight excluding hydrogens is 2030 g/mol. The number of benzene rings is 3. The van der Waals surface area contributed by atoms with E-state index >= 15 is 13.2 Å². The molecule has 0 spiro atoms. The molecule has 37 atom stereocenters. The number of hydrogen-bond donors (Lipinski definition) is 0. The third-order valence-corrected chi connectivity index (χ3v) is 47.6. The van der Waals surface area contributed by atoms with E-state index in [2.05, 4.69) is 181 Å². The van der Waals surface area contributed by atoms with Crippen LogP contribution in [0.2, 0.25) is 36.3 Å². The Kier molecular flexibility index (Phi) is 37.1. The van der Waals surface area contributed by atoms with Gasteiger partial charge in [0.15, 0.2) is 43.8 Å². The normalized spacial score (nSPS) is 37.2. The highest BCUT2D eigenvalue weighted by molar-refractivity contribution is 9.12. The van der Waals surface area contributed by atoms with E-state index in [0.717, 1.165) is 92.7 Å². The molecule has 0 N–H and O–H groups in total. The predicted molar refractivity (Wildman–Crippen MR) is 569 cm³/mol. The second kappa shape index (κ2) is 47.5. The van der Waals surface area contributed by atoms with Gasteiger partial charge in [0.05, 0.1) is 101 Å². The Hall–Kier alpha value is -4.40. The lowest BCUT2D eigenvalue weighted by atomic mass is 9.78.